The third-order valence-corrected chi connectivity index (χ3v) is 9.90. The number of methoxy groups -OCH3 is 1. The van der Waals surface area contributed by atoms with E-state index in [1.54, 1.807) is 24.4 Å². The van der Waals surface area contributed by atoms with Crippen molar-refractivity contribution in [2.45, 2.75) is 44.9 Å². The molecule has 6 rings (SSSR count). The van der Waals surface area contributed by atoms with Gasteiger partial charge >= 0.3 is 0 Å². The van der Waals surface area contributed by atoms with Gasteiger partial charge in [0.2, 0.25) is 16.9 Å². The van der Waals surface area contributed by atoms with Gasteiger partial charge in [-0.25, -0.2) is 8.78 Å². The average Bonchev–Trinajstić information content (AvgIpc) is 3.99. The third kappa shape index (κ3) is 9.50. The molecule has 1 aromatic heterocycles. The number of thioether (sulfide) groups is 1. The number of ether oxygens (including phenoxy) is 3. The van der Waals surface area contributed by atoms with E-state index >= 15 is 4.39 Å². The summed E-state index contributed by atoms with van der Waals surface area (Å²) < 4.78 is 46.2. The van der Waals surface area contributed by atoms with Crippen LogP contribution in [0.1, 0.15) is 55.3 Å². The van der Waals surface area contributed by atoms with E-state index in [0.717, 1.165) is 49.5 Å². The number of amides is 2. The fourth-order valence-electron chi connectivity index (χ4n) is 5.73. The molecule has 9 nitrogen and oxygen atoms in total. The summed E-state index contributed by atoms with van der Waals surface area (Å²) in [6.07, 6.45) is 7.13. The summed E-state index contributed by atoms with van der Waals surface area (Å²) >= 11 is 1.36. The van der Waals surface area contributed by atoms with Crippen molar-refractivity contribution in [1.82, 2.24) is 4.98 Å². The first-order valence-corrected chi connectivity index (χ1v) is 18.4. The Balaban J connectivity index is 0.992. The molecule has 0 unspecified atom stereocenters. The fourth-order valence-corrected chi connectivity index (χ4v) is 6.56. The van der Waals surface area contributed by atoms with Gasteiger partial charge in [0.05, 0.1) is 19.2 Å². The minimum Gasteiger partial charge on any atom is -0.493 e. The molecule has 274 valence electrons. The van der Waals surface area contributed by atoms with E-state index in [1.165, 1.54) is 55.3 Å². The van der Waals surface area contributed by atoms with E-state index in [1.807, 2.05) is 30.3 Å². The highest BCUT2D eigenvalue weighted by molar-refractivity contribution is 8.14. The van der Waals surface area contributed by atoms with Crippen molar-refractivity contribution >= 4 is 51.0 Å². The van der Waals surface area contributed by atoms with Crippen LogP contribution in [0.4, 0.5) is 20.2 Å². The van der Waals surface area contributed by atoms with Gasteiger partial charge in [0.15, 0.2) is 23.1 Å². The average molecular weight is 740 g/mol. The molecule has 1 heterocycles. The van der Waals surface area contributed by atoms with Gasteiger partial charge in [-0.15, -0.1) is 0 Å². The monoisotopic (exact) mass is 739 g/mol. The molecule has 2 amide bonds. The molecule has 0 spiro atoms. The number of anilines is 2. The van der Waals surface area contributed by atoms with Crippen molar-refractivity contribution in [1.29, 1.82) is 0 Å². The minimum atomic E-state index is -1.29. The summed E-state index contributed by atoms with van der Waals surface area (Å²) in [6, 6.07) is 23.7. The fraction of sp³-hybridized carbons (Fsp3) is 0.268. The molecule has 5 aromatic rings. The highest BCUT2D eigenvalue weighted by Crippen LogP contribution is 2.48. The van der Waals surface area contributed by atoms with Gasteiger partial charge < -0.3 is 24.8 Å². The number of hydrogen-bond donors (Lipinski definition) is 2. The second-order valence-electron chi connectivity index (χ2n) is 12.7. The molecule has 0 saturated heterocycles. The molecule has 12 heteroatoms. The maximum atomic E-state index is 15.3. The van der Waals surface area contributed by atoms with Crippen LogP contribution >= 0.6 is 11.8 Å². The SMILES string of the molecule is COc1cc2c(Oc3ccc(NC(=O)C4(C(=O)Nc5ccc(F)cc5)CC4)cc3F)ccnc2cc1OCCCCCCCSC(=O)c1ccccc1. The van der Waals surface area contributed by atoms with Gasteiger partial charge in [-0.3, -0.25) is 19.4 Å². The van der Waals surface area contributed by atoms with E-state index in [4.69, 9.17) is 14.2 Å². The summed E-state index contributed by atoms with van der Waals surface area (Å²) in [6.45, 7) is 0.493. The lowest BCUT2D eigenvalue weighted by Crippen LogP contribution is -2.35. The molecule has 0 atom stereocenters. The molecular weight excluding hydrogens is 701 g/mol. The summed E-state index contributed by atoms with van der Waals surface area (Å²) in [5.74, 6) is -0.150. The highest BCUT2D eigenvalue weighted by Gasteiger charge is 2.56. The normalized spacial score (nSPS) is 12.9. The number of carbonyl (C=O) groups excluding carboxylic acids is 3. The lowest BCUT2D eigenvalue weighted by Gasteiger charge is -2.16. The van der Waals surface area contributed by atoms with Crippen molar-refractivity contribution < 1.29 is 37.4 Å². The zero-order valence-electron chi connectivity index (χ0n) is 29.2. The summed E-state index contributed by atoms with van der Waals surface area (Å²) in [5, 5.41) is 5.98. The first-order chi connectivity index (χ1) is 25.8. The molecule has 1 fully saturated rings. The molecule has 2 N–H and O–H groups in total. The Kier molecular flexibility index (Phi) is 12.2. The number of rotatable bonds is 17. The van der Waals surface area contributed by atoms with Crippen LogP contribution in [0.3, 0.4) is 0 Å². The standard InChI is InChI=1S/C41H39F2N3O6S/c1-50-36-25-31-33(26-37(36)51-22-8-3-2-4-9-23-53-38(47)27-10-6-5-7-11-27)44-21-18-34(31)52-35-17-16-30(24-32(35)43)46-40(49)41(19-20-41)39(48)45-29-14-12-28(42)13-15-29/h5-7,10-18,21,24-26H,2-4,8-9,19-20,22-23H2,1H3,(H,45,48)(H,46,49). The molecule has 1 aliphatic rings. The van der Waals surface area contributed by atoms with E-state index in [-0.39, 0.29) is 16.6 Å². The number of aromatic nitrogens is 1. The second-order valence-corrected chi connectivity index (χ2v) is 13.8. The Morgan fingerprint density at radius 1 is 0.755 bits per heavy atom. The Bertz CT molecular complexity index is 2080. The van der Waals surface area contributed by atoms with Gasteiger partial charge in [0, 0.05) is 46.4 Å². The van der Waals surface area contributed by atoms with Crippen molar-refractivity contribution in [2.24, 2.45) is 5.41 Å². The predicted octanol–water partition coefficient (Wildman–Crippen LogP) is 9.57. The zero-order valence-corrected chi connectivity index (χ0v) is 30.0. The zero-order chi connectivity index (χ0) is 37.2. The number of nitrogens with zero attached hydrogens (tertiary/aromatic N) is 1. The number of unbranched alkanes of at least 4 members (excludes halogenated alkanes) is 4. The first-order valence-electron chi connectivity index (χ1n) is 17.4. The lowest BCUT2D eigenvalue weighted by molar-refractivity contribution is -0.131. The lowest BCUT2D eigenvalue weighted by atomic mass is 10.0. The van der Waals surface area contributed by atoms with Gasteiger partial charge in [0.25, 0.3) is 0 Å². The number of nitrogens with one attached hydrogen (secondary N) is 2. The highest BCUT2D eigenvalue weighted by atomic mass is 32.2. The largest absolute Gasteiger partial charge is 0.493 e. The van der Waals surface area contributed by atoms with Crippen molar-refractivity contribution in [3.05, 3.63) is 114 Å². The minimum absolute atomic E-state index is 0.0774. The molecule has 4 aromatic carbocycles. The number of halogens is 2. The van der Waals surface area contributed by atoms with Gasteiger partial charge in [-0.1, -0.05) is 61.4 Å². The molecule has 1 saturated carbocycles. The smallest absolute Gasteiger partial charge is 0.240 e. The van der Waals surface area contributed by atoms with Crippen LogP contribution in [0.15, 0.2) is 97.2 Å². The Morgan fingerprint density at radius 2 is 1.45 bits per heavy atom. The van der Waals surface area contributed by atoms with Crippen LogP contribution in [0.2, 0.25) is 0 Å². The van der Waals surface area contributed by atoms with Crippen molar-refractivity contribution in [3.63, 3.8) is 0 Å². The van der Waals surface area contributed by atoms with Crippen LogP contribution in [0.25, 0.3) is 10.9 Å². The van der Waals surface area contributed by atoms with E-state index in [9.17, 15) is 18.8 Å². The number of pyridine rings is 1. The number of carbonyl (C=O) groups is 3. The van der Waals surface area contributed by atoms with Crippen LogP contribution in [-0.2, 0) is 9.59 Å². The molecule has 53 heavy (non-hydrogen) atoms. The van der Waals surface area contributed by atoms with Crippen LogP contribution in [-0.4, -0.2) is 41.4 Å². The van der Waals surface area contributed by atoms with Crippen LogP contribution < -0.4 is 24.8 Å². The molecule has 0 aliphatic heterocycles. The van der Waals surface area contributed by atoms with E-state index in [0.29, 0.717) is 53.3 Å². The summed E-state index contributed by atoms with van der Waals surface area (Å²) in [5.41, 5.74) is 0.552. The predicted molar refractivity (Wildman–Crippen MR) is 202 cm³/mol. The first kappa shape index (κ1) is 37.3. The second kappa shape index (κ2) is 17.4. The molecule has 0 bridgehead atoms. The Labute approximate surface area is 310 Å². The van der Waals surface area contributed by atoms with Gasteiger partial charge in [-0.2, -0.15) is 0 Å². The third-order valence-electron chi connectivity index (χ3n) is 8.91. The summed E-state index contributed by atoms with van der Waals surface area (Å²) in [7, 11) is 1.54. The van der Waals surface area contributed by atoms with E-state index < -0.39 is 28.9 Å². The number of hydrogen-bond acceptors (Lipinski definition) is 8. The van der Waals surface area contributed by atoms with Crippen molar-refractivity contribution in [2.75, 3.05) is 30.1 Å². The van der Waals surface area contributed by atoms with Gasteiger partial charge in [0.1, 0.15) is 17.0 Å². The maximum Gasteiger partial charge on any atom is 0.240 e. The van der Waals surface area contributed by atoms with Crippen LogP contribution in [0.5, 0.6) is 23.0 Å². The Hall–Kier alpha value is -5.49. The molecular formula is C41H39F2N3O6S. The van der Waals surface area contributed by atoms with Gasteiger partial charge in [-0.05, 0) is 74.2 Å². The maximum absolute atomic E-state index is 15.3. The Morgan fingerprint density at radius 3 is 2.17 bits per heavy atom. The number of fused-ring (bicyclic) bond motifs is 1. The van der Waals surface area contributed by atoms with Crippen molar-refractivity contribution in [3.8, 4) is 23.0 Å². The van der Waals surface area contributed by atoms with Crippen LogP contribution in [0, 0.1) is 17.0 Å². The number of benzene rings is 4. The molecule has 0 radical (unpaired) electrons. The van der Waals surface area contributed by atoms with E-state index in [2.05, 4.69) is 15.6 Å². The summed E-state index contributed by atoms with van der Waals surface area (Å²) in [4.78, 5) is 42.6. The molecule has 1 aliphatic carbocycles. The quantitative estimate of drug-likeness (QED) is 0.0716. The topological polar surface area (TPSA) is 116 Å².